The van der Waals surface area contributed by atoms with Crippen LogP contribution < -0.4 is 11.1 Å². The third-order valence-corrected chi connectivity index (χ3v) is 3.97. The number of amides is 1. The van der Waals surface area contributed by atoms with Crippen LogP contribution >= 0.6 is 12.4 Å². The minimum absolute atomic E-state index is 0. The molecular weight excluding hydrogens is 342 g/mol. The second-order valence-electron chi connectivity index (χ2n) is 5.82. The number of rotatable bonds is 5. The number of hydrogen-bond donors (Lipinski definition) is 4. The Morgan fingerprint density at radius 2 is 1.96 bits per heavy atom. The average Bonchev–Trinajstić information content (AvgIpc) is 3.14. The molecule has 1 fully saturated rings. The predicted octanol–water partition coefficient (Wildman–Crippen LogP) is 2.20. The van der Waals surface area contributed by atoms with E-state index in [0.717, 1.165) is 24.1 Å². The number of benzene rings is 1. The van der Waals surface area contributed by atoms with Gasteiger partial charge >= 0.3 is 0 Å². The maximum Gasteiger partial charge on any atom is 0.276 e. The van der Waals surface area contributed by atoms with Crippen LogP contribution in [0, 0.1) is 0 Å². The number of carbonyl (C=O) groups excluding carboxylic acids is 1. The Morgan fingerprint density at radius 3 is 2.60 bits per heavy atom. The lowest BCUT2D eigenvalue weighted by atomic mass is 10.2. The number of hydrogen-bond acceptors (Lipinski definition) is 5. The van der Waals surface area contributed by atoms with Crippen LogP contribution in [0.3, 0.4) is 0 Å². The van der Waals surface area contributed by atoms with Gasteiger partial charge in [0.2, 0.25) is 0 Å². The van der Waals surface area contributed by atoms with E-state index >= 15 is 0 Å². The second-order valence-corrected chi connectivity index (χ2v) is 5.82. The molecule has 25 heavy (non-hydrogen) atoms. The highest BCUT2D eigenvalue weighted by molar-refractivity contribution is 6.03. The van der Waals surface area contributed by atoms with Gasteiger partial charge in [0.1, 0.15) is 5.82 Å². The van der Waals surface area contributed by atoms with Gasteiger partial charge < -0.3 is 11.1 Å². The Labute approximate surface area is 150 Å². The molecular formula is C16H18ClN7O. The van der Waals surface area contributed by atoms with E-state index in [4.69, 9.17) is 5.73 Å². The Kier molecular flexibility index (Phi) is 4.82. The van der Waals surface area contributed by atoms with Crippen LogP contribution in [-0.2, 0) is 6.54 Å². The quantitative estimate of drug-likeness (QED) is 0.555. The maximum atomic E-state index is 12.2. The summed E-state index contributed by atoms with van der Waals surface area (Å²) in [7, 11) is 0. The highest BCUT2D eigenvalue weighted by Crippen LogP contribution is 2.39. The van der Waals surface area contributed by atoms with Crippen molar-refractivity contribution in [2.45, 2.75) is 25.3 Å². The number of aromatic amines is 2. The average molecular weight is 360 g/mol. The summed E-state index contributed by atoms with van der Waals surface area (Å²) in [6, 6.07) is 9.13. The number of anilines is 1. The number of carbonyl (C=O) groups is 1. The van der Waals surface area contributed by atoms with Crippen molar-refractivity contribution in [3.8, 4) is 11.4 Å². The van der Waals surface area contributed by atoms with Crippen LogP contribution in [0.15, 0.2) is 30.3 Å². The molecule has 1 amide bonds. The summed E-state index contributed by atoms with van der Waals surface area (Å²) in [5.41, 5.74) is 8.49. The Balaban J connectivity index is 0.00000182. The van der Waals surface area contributed by atoms with Gasteiger partial charge in [0.15, 0.2) is 11.5 Å². The van der Waals surface area contributed by atoms with Crippen molar-refractivity contribution in [3.63, 3.8) is 0 Å². The maximum absolute atomic E-state index is 12.2. The molecule has 5 N–H and O–H groups in total. The number of H-pyrrole nitrogens is 2. The molecule has 4 rings (SSSR count). The second kappa shape index (κ2) is 7.04. The van der Waals surface area contributed by atoms with Gasteiger partial charge in [-0.25, -0.2) is 4.98 Å². The lowest BCUT2D eigenvalue weighted by molar-refractivity contribution is 0.102. The molecule has 1 aliphatic carbocycles. The minimum atomic E-state index is -0.228. The van der Waals surface area contributed by atoms with Crippen molar-refractivity contribution < 1.29 is 4.79 Å². The topological polar surface area (TPSA) is 125 Å². The Morgan fingerprint density at radius 1 is 1.20 bits per heavy atom. The summed E-state index contributed by atoms with van der Waals surface area (Å²) in [5.74, 6) is 1.52. The number of halogens is 1. The molecule has 3 aromatic rings. The molecule has 2 heterocycles. The van der Waals surface area contributed by atoms with Gasteiger partial charge in [-0.1, -0.05) is 0 Å². The molecule has 1 aromatic carbocycles. The Hall–Kier alpha value is -2.71. The Bertz CT molecular complexity index is 867. The summed E-state index contributed by atoms with van der Waals surface area (Å²) >= 11 is 0. The van der Waals surface area contributed by atoms with E-state index in [1.54, 1.807) is 12.1 Å². The predicted molar refractivity (Wildman–Crippen MR) is 95.5 cm³/mol. The van der Waals surface area contributed by atoms with Gasteiger partial charge in [0.25, 0.3) is 5.91 Å². The van der Waals surface area contributed by atoms with Crippen LogP contribution in [0.2, 0.25) is 0 Å². The fourth-order valence-corrected chi connectivity index (χ4v) is 2.47. The molecule has 8 nitrogen and oxygen atoms in total. The largest absolute Gasteiger partial charge is 0.324 e. The number of nitrogens with zero attached hydrogens (tertiary/aromatic N) is 3. The van der Waals surface area contributed by atoms with Gasteiger partial charge in [-0.2, -0.15) is 10.2 Å². The number of aromatic nitrogens is 5. The lowest BCUT2D eigenvalue weighted by Crippen LogP contribution is -2.12. The highest BCUT2D eigenvalue weighted by Gasteiger charge is 2.26. The first kappa shape index (κ1) is 17.1. The van der Waals surface area contributed by atoms with Gasteiger partial charge in [0, 0.05) is 22.9 Å². The fourth-order valence-electron chi connectivity index (χ4n) is 2.47. The zero-order chi connectivity index (χ0) is 16.5. The van der Waals surface area contributed by atoms with Crippen molar-refractivity contribution in [1.82, 2.24) is 25.4 Å². The molecule has 0 aliphatic heterocycles. The van der Waals surface area contributed by atoms with Gasteiger partial charge in [-0.3, -0.25) is 15.0 Å². The molecule has 130 valence electrons. The van der Waals surface area contributed by atoms with Crippen molar-refractivity contribution in [1.29, 1.82) is 0 Å². The van der Waals surface area contributed by atoms with E-state index < -0.39 is 0 Å². The highest BCUT2D eigenvalue weighted by atomic mass is 35.5. The SMILES string of the molecule is Cl.NCc1nc(-c2ccc(NC(=O)c3cc(C4CC4)[nH]n3)cc2)n[nH]1. The third-order valence-electron chi connectivity index (χ3n) is 3.97. The van der Waals surface area contributed by atoms with E-state index in [2.05, 4.69) is 30.7 Å². The van der Waals surface area contributed by atoms with Gasteiger partial charge in [-0.15, -0.1) is 12.4 Å². The first-order valence-electron chi connectivity index (χ1n) is 7.81. The fraction of sp³-hybridized carbons (Fsp3) is 0.250. The minimum Gasteiger partial charge on any atom is -0.324 e. The molecule has 0 spiro atoms. The molecule has 0 unspecified atom stereocenters. The molecule has 0 radical (unpaired) electrons. The molecule has 0 saturated heterocycles. The van der Waals surface area contributed by atoms with E-state index in [9.17, 15) is 4.79 Å². The summed E-state index contributed by atoms with van der Waals surface area (Å²) in [6.07, 6.45) is 2.33. The molecule has 0 atom stereocenters. The van der Waals surface area contributed by atoms with E-state index in [1.807, 2.05) is 18.2 Å². The van der Waals surface area contributed by atoms with E-state index in [-0.39, 0.29) is 18.3 Å². The third kappa shape index (κ3) is 3.70. The number of nitrogens with one attached hydrogen (secondary N) is 3. The molecule has 1 aliphatic rings. The van der Waals surface area contributed by atoms with Gasteiger partial charge in [-0.05, 0) is 43.2 Å². The summed E-state index contributed by atoms with van der Waals surface area (Å²) in [6.45, 7) is 0.313. The monoisotopic (exact) mass is 359 g/mol. The first-order chi connectivity index (χ1) is 11.7. The smallest absolute Gasteiger partial charge is 0.276 e. The summed E-state index contributed by atoms with van der Waals surface area (Å²) in [5, 5.41) is 16.7. The molecule has 9 heteroatoms. The van der Waals surface area contributed by atoms with Crippen LogP contribution in [0.5, 0.6) is 0 Å². The van der Waals surface area contributed by atoms with Gasteiger partial charge in [0.05, 0.1) is 6.54 Å². The van der Waals surface area contributed by atoms with Crippen molar-refractivity contribution in [3.05, 3.63) is 47.5 Å². The van der Waals surface area contributed by atoms with E-state index in [1.165, 1.54) is 0 Å². The van der Waals surface area contributed by atoms with Crippen molar-refractivity contribution in [2.24, 2.45) is 5.73 Å². The van der Waals surface area contributed by atoms with Crippen LogP contribution in [-0.4, -0.2) is 31.3 Å². The summed E-state index contributed by atoms with van der Waals surface area (Å²) in [4.78, 5) is 16.5. The van der Waals surface area contributed by atoms with Crippen molar-refractivity contribution in [2.75, 3.05) is 5.32 Å². The van der Waals surface area contributed by atoms with Crippen LogP contribution in [0.4, 0.5) is 5.69 Å². The molecule has 0 bridgehead atoms. The zero-order valence-electron chi connectivity index (χ0n) is 13.3. The summed E-state index contributed by atoms with van der Waals surface area (Å²) < 4.78 is 0. The standard InChI is InChI=1S/C16H17N7O.ClH/c17-8-14-19-15(23-22-14)10-3-5-11(6-4-10)18-16(24)13-7-12(20-21-13)9-1-2-9;/h3-7,9H,1-2,8,17H2,(H,18,24)(H,20,21)(H,19,22,23);1H. The van der Waals surface area contributed by atoms with Crippen LogP contribution in [0.1, 0.15) is 40.8 Å². The molecule has 2 aromatic heterocycles. The van der Waals surface area contributed by atoms with E-state index in [0.29, 0.717) is 35.5 Å². The number of nitrogens with two attached hydrogens (primary N) is 1. The normalized spacial score (nSPS) is 13.3. The zero-order valence-corrected chi connectivity index (χ0v) is 14.1. The van der Waals surface area contributed by atoms with Crippen LogP contribution in [0.25, 0.3) is 11.4 Å². The molecule has 1 saturated carbocycles. The lowest BCUT2D eigenvalue weighted by Gasteiger charge is -2.03. The first-order valence-corrected chi connectivity index (χ1v) is 7.81. The van der Waals surface area contributed by atoms with Crippen molar-refractivity contribution >= 4 is 24.0 Å².